The Balaban J connectivity index is 1.32. The minimum absolute atomic E-state index is 0.0277. The molecular formula is C19H24N4O2. The molecule has 1 fully saturated rings. The summed E-state index contributed by atoms with van der Waals surface area (Å²) in [4.78, 5) is 14.5. The number of fused-ring (bicyclic) bond motifs is 1. The average Bonchev–Trinajstić information content (AvgIpc) is 3.31. The summed E-state index contributed by atoms with van der Waals surface area (Å²) in [6.07, 6.45) is 3.73. The topological polar surface area (TPSA) is 70.2 Å². The van der Waals surface area contributed by atoms with Crippen LogP contribution in [0.2, 0.25) is 0 Å². The minimum Gasteiger partial charge on any atom is -0.493 e. The van der Waals surface area contributed by atoms with Crippen LogP contribution in [0.5, 0.6) is 5.75 Å². The number of hydrogen-bond donors (Lipinski definition) is 2. The Hall–Kier alpha value is -2.50. The van der Waals surface area contributed by atoms with E-state index in [-0.39, 0.29) is 18.0 Å². The predicted molar refractivity (Wildman–Crippen MR) is 94.8 cm³/mol. The molecule has 1 aromatic heterocycles. The molecule has 0 radical (unpaired) electrons. The van der Waals surface area contributed by atoms with E-state index in [0.29, 0.717) is 12.5 Å². The first kappa shape index (κ1) is 16.0. The zero-order valence-corrected chi connectivity index (χ0v) is 14.4. The van der Waals surface area contributed by atoms with Gasteiger partial charge < -0.3 is 15.0 Å². The molecule has 6 heteroatoms. The van der Waals surface area contributed by atoms with Gasteiger partial charge in [-0.3, -0.25) is 5.10 Å². The second-order valence-electron chi connectivity index (χ2n) is 6.97. The van der Waals surface area contributed by atoms with Gasteiger partial charge in [-0.15, -0.1) is 0 Å². The average molecular weight is 340 g/mol. The molecule has 0 saturated carbocycles. The molecule has 6 nitrogen and oxygen atoms in total. The van der Waals surface area contributed by atoms with Crippen molar-refractivity contribution in [3.05, 3.63) is 47.8 Å². The molecule has 2 aromatic rings. The first-order chi connectivity index (χ1) is 12.2. The number of nitrogens with one attached hydrogen (secondary N) is 2. The van der Waals surface area contributed by atoms with Gasteiger partial charge in [0.25, 0.3) is 0 Å². The Bertz CT molecular complexity index is 723. The number of hydrogen-bond acceptors (Lipinski definition) is 3. The lowest BCUT2D eigenvalue weighted by molar-refractivity contribution is 0.175. The molecule has 1 aromatic carbocycles. The zero-order valence-electron chi connectivity index (χ0n) is 14.4. The summed E-state index contributed by atoms with van der Waals surface area (Å²) in [5, 5.41) is 10.2. The number of amides is 2. The molecule has 2 amide bonds. The molecule has 0 spiro atoms. The number of aromatic amines is 1. The summed E-state index contributed by atoms with van der Waals surface area (Å²) in [7, 11) is 0. The van der Waals surface area contributed by atoms with E-state index in [1.165, 1.54) is 11.3 Å². The van der Waals surface area contributed by atoms with Gasteiger partial charge in [0.15, 0.2) is 0 Å². The standard InChI is InChI=1S/C19H24N4O2/c1-13(16-12-25-18-5-3-2-4-15(16)18)21-19(24)23-10-7-14(8-11-23)17-6-9-20-22-17/h2-6,9,13-14,16H,7-8,10-12H2,1H3,(H,20,22)(H,21,24)/t13-,16-/m1/s1. The predicted octanol–water partition coefficient (Wildman–Crippen LogP) is 2.86. The van der Waals surface area contributed by atoms with Gasteiger partial charge in [0.1, 0.15) is 5.75 Å². The van der Waals surface area contributed by atoms with Gasteiger partial charge in [-0.05, 0) is 31.9 Å². The number of rotatable bonds is 3. The van der Waals surface area contributed by atoms with Crippen molar-refractivity contribution in [3.63, 3.8) is 0 Å². The summed E-state index contributed by atoms with van der Waals surface area (Å²) in [5.41, 5.74) is 2.36. The molecule has 0 bridgehead atoms. The molecule has 2 N–H and O–H groups in total. The van der Waals surface area contributed by atoms with E-state index < -0.39 is 0 Å². The van der Waals surface area contributed by atoms with E-state index in [1.54, 1.807) is 6.20 Å². The highest BCUT2D eigenvalue weighted by Crippen LogP contribution is 2.35. The normalized spacial score (nSPS) is 21.5. The molecule has 2 aliphatic heterocycles. The second-order valence-corrected chi connectivity index (χ2v) is 6.97. The lowest BCUT2D eigenvalue weighted by Crippen LogP contribution is -2.48. The molecule has 1 saturated heterocycles. The second kappa shape index (κ2) is 6.78. The maximum Gasteiger partial charge on any atom is 0.317 e. The molecule has 0 aliphatic carbocycles. The third-order valence-corrected chi connectivity index (χ3v) is 5.44. The van der Waals surface area contributed by atoms with Gasteiger partial charge in [-0.25, -0.2) is 4.79 Å². The zero-order chi connectivity index (χ0) is 17.2. The van der Waals surface area contributed by atoms with Gasteiger partial charge in [0, 0.05) is 48.4 Å². The number of nitrogens with zero attached hydrogens (tertiary/aromatic N) is 2. The van der Waals surface area contributed by atoms with E-state index in [9.17, 15) is 4.79 Å². The van der Waals surface area contributed by atoms with Crippen LogP contribution in [-0.2, 0) is 0 Å². The van der Waals surface area contributed by atoms with Crippen LogP contribution in [0.1, 0.15) is 42.9 Å². The summed E-state index contributed by atoms with van der Waals surface area (Å²) < 4.78 is 5.74. The molecule has 3 heterocycles. The number of piperidine rings is 1. The first-order valence-corrected chi connectivity index (χ1v) is 8.99. The number of carbonyl (C=O) groups excluding carboxylic acids is 1. The van der Waals surface area contributed by atoms with Crippen LogP contribution in [-0.4, -0.2) is 46.9 Å². The van der Waals surface area contributed by atoms with Gasteiger partial charge in [0.2, 0.25) is 0 Å². The SMILES string of the molecule is C[C@@H](NC(=O)N1CCC(c2ccn[nH]2)CC1)[C@H]1COc2ccccc21. The summed E-state index contributed by atoms with van der Waals surface area (Å²) in [6.45, 7) is 4.24. The van der Waals surface area contributed by atoms with Crippen molar-refractivity contribution in [2.24, 2.45) is 0 Å². The maximum absolute atomic E-state index is 12.6. The van der Waals surface area contributed by atoms with E-state index in [2.05, 4.69) is 28.5 Å². The summed E-state index contributed by atoms with van der Waals surface area (Å²) in [6, 6.07) is 10.2. The minimum atomic E-state index is 0.0277. The molecule has 0 unspecified atom stereocenters. The largest absolute Gasteiger partial charge is 0.493 e. The van der Waals surface area contributed by atoms with E-state index in [0.717, 1.165) is 31.7 Å². The molecule has 4 rings (SSSR count). The van der Waals surface area contributed by atoms with Crippen molar-refractivity contribution in [2.75, 3.05) is 19.7 Å². The van der Waals surface area contributed by atoms with Crippen molar-refractivity contribution >= 4 is 6.03 Å². The molecule has 2 atom stereocenters. The lowest BCUT2D eigenvalue weighted by atomic mass is 9.93. The first-order valence-electron chi connectivity index (χ1n) is 8.99. The van der Waals surface area contributed by atoms with Crippen LogP contribution >= 0.6 is 0 Å². The summed E-state index contributed by atoms with van der Waals surface area (Å²) >= 11 is 0. The van der Waals surface area contributed by atoms with E-state index in [4.69, 9.17) is 4.74 Å². The molecule has 25 heavy (non-hydrogen) atoms. The number of ether oxygens (including phenoxy) is 1. The fourth-order valence-corrected chi connectivity index (χ4v) is 3.88. The summed E-state index contributed by atoms with van der Waals surface area (Å²) in [5.74, 6) is 1.62. The number of para-hydroxylation sites is 1. The molecule has 2 aliphatic rings. The molecule has 132 valence electrons. The Morgan fingerprint density at radius 2 is 2.12 bits per heavy atom. The number of aromatic nitrogens is 2. The van der Waals surface area contributed by atoms with Crippen molar-refractivity contribution in [1.29, 1.82) is 0 Å². The number of likely N-dealkylation sites (tertiary alicyclic amines) is 1. The van der Waals surface area contributed by atoms with Crippen LogP contribution < -0.4 is 10.1 Å². The van der Waals surface area contributed by atoms with Crippen molar-refractivity contribution in [3.8, 4) is 5.75 Å². The monoisotopic (exact) mass is 340 g/mol. The number of H-pyrrole nitrogens is 1. The number of benzene rings is 1. The Kier molecular flexibility index (Phi) is 4.34. The van der Waals surface area contributed by atoms with Gasteiger partial charge in [-0.2, -0.15) is 5.10 Å². The van der Waals surface area contributed by atoms with Crippen LogP contribution in [0.4, 0.5) is 4.79 Å². The third kappa shape index (κ3) is 3.21. The van der Waals surface area contributed by atoms with Gasteiger partial charge in [0.05, 0.1) is 6.61 Å². The third-order valence-electron chi connectivity index (χ3n) is 5.44. The van der Waals surface area contributed by atoms with Crippen LogP contribution in [0.25, 0.3) is 0 Å². The fraction of sp³-hybridized carbons (Fsp3) is 0.474. The Morgan fingerprint density at radius 3 is 2.88 bits per heavy atom. The fourth-order valence-electron chi connectivity index (χ4n) is 3.88. The smallest absolute Gasteiger partial charge is 0.317 e. The Morgan fingerprint density at radius 1 is 1.32 bits per heavy atom. The quantitative estimate of drug-likeness (QED) is 0.902. The van der Waals surface area contributed by atoms with Crippen LogP contribution in [0.3, 0.4) is 0 Å². The van der Waals surface area contributed by atoms with Crippen LogP contribution in [0, 0.1) is 0 Å². The van der Waals surface area contributed by atoms with Crippen molar-refractivity contribution in [1.82, 2.24) is 20.4 Å². The van der Waals surface area contributed by atoms with Gasteiger partial charge >= 0.3 is 6.03 Å². The number of urea groups is 1. The van der Waals surface area contributed by atoms with E-state index >= 15 is 0 Å². The van der Waals surface area contributed by atoms with E-state index in [1.807, 2.05) is 29.2 Å². The highest BCUT2D eigenvalue weighted by Gasteiger charge is 2.31. The maximum atomic E-state index is 12.6. The van der Waals surface area contributed by atoms with Crippen molar-refractivity contribution in [2.45, 2.75) is 37.6 Å². The van der Waals surface area contributed by atoms with Crippen LogP contribution in [0.15, 0.2) is 36.5 Å². The molecular weight excluding hydrogens is 316 g/mol. The highest BCUT2D eigenvalue weighted by atomic mass is 16.5. The van der Waals surface area contributed by atoms with Gasteiger partial charge in [-0.1, -0.05) is 18.2 Å². The Labute approximate surface area is 147 Å². The highest BCUT2D eigenvalue weighted by molar-refractivity contribution is 5.74. The van der Waals surface area contributed by atoms with Crippen molar-refractivity contribution < 1.29 is 9.53 Å². The lowest BCUT2D eigenvalue weighted by Gasteiger charge is -2.33. The number of carbonyl (C=O) groups is 1.